The summed E-state index contributed by atoms with van der Waals surface area (Å²) in [6, 6.07) is 1.98. The molecule has 0 spiro atoms. The van der Waals surface area contributed by atoms with E-state index in [2.05, 4.69) is 25.9 Å². The van der Waals surface area contributed by atoms with Crippen molar-refractivity contribution in [2.75, 3.05) is 0 Å². The van der Waals surface area contributed by atoms with Crippen LogP contribution in [0.15, 0.2) is 29.1 Å². The molecule has 0 unspecified atom stereocenters. The van der Waals surface area contributed by atoms with E-state index in [1.807, 2.05) is 6.07 Å². The van der Waals surface area contributed by atoms with Crippen LogP contribution in [-0.4, -0.2) is 9.97 Å². The molecule has 0 aromatic carbocycles. The van der Waals surface area contributed by atoms with E-state index in [-0.39, 0.29) is 0 Å². The Labute approximate surface area is 92.7 Å². The van der Waals surface area contributed by atoms with Gasteiger partial charge in [-0.15, -0.1) is 11.3 Å². The molecule has 0 aliphatic heterocycles. The summed E-state index contributed by atoms with van der Waals surface area (Å²) in [5.74, 6) is 0. The number of nitrogens with zero attached hydrogens (tertiary/aromatic N) is 2. The van der Waals surface area contributed by atoms with Gasteiger partial charge in [-0.25, -0.2) is 4.98 Å². The third kappa shape index (κ3) is 2.07. The number of aromatic nitrogens is 2. The number of pyridine rings is 1. The van der Waals surface area contributed by atoms with Crippen LogP contribution in [0, 0.1) is 0 Å². The molecule has 0 saturated carbocycles. The molecule has 5 heteroatoms. The predicted octanol–water partition coefficient (Wildman–Crippen LogP) is 3.62. The normalized spacial score (nSPS) is 10.3. The molecule has 66 valence electrons. The molecule has 0 atom stereocenters. The van der Waals surface area contributed by atoms with Gasteiger partial charge in [-0.3, -0.25) is 4.98 Å². The number of halogens is 2. The lowest BCUT2D eigenvalue weighted by Crippen LogP contribution is -1.75. The molecule has 0 aliphatic rings. The lowest BCUT2D eigenvalue weighted by Gasteiger charge is -1.94. The van der Waals surface area contributed by atoms with Crippen molar-refractivity contribution >= 4 is 38.9 Å². The quantitative estimate of drug-likeness (QED) is 0.794. The molecule has 2 nitrogen and oxygen atoms in total. The minimum atomic E-state index is 0.551. The zero-order chi connectivity index (χ0) is 9.26. The molecule has 0 saturated heterocycles. The molecular weight excluding hydrogens is 272 g/mol. The maximum atomic E-state index is 5.73. The van der Waals surface area contributed by atoms with Gasteiger partial charge in [0.15, 0.2) is 4.47 Å². The summed E-state index contributed by atoms with van der Waals surface area (Å²) in [5, 5.41) is 0. The first kappa shape index (κ1) is 9.12. The fourth-order valence-electron chi connectivity index (χ4n) is 0.933. The lowest BCUT2D eigenvalue weighted by atomic mass is 10.3. The van der Waals surface area contributed by atoms with Crippen LogP contribution in [-0.2, 0) is 0 Å². The molecule has 2 rings (SSSR count). The van der Waals surface area contributed by atoms with Crippen LogP contribution in [0.5, 0.6) is 0 Å². The highest BCUT2D eigenvalue weighted by molar-refractivity contribution is 9.10. The number of hydrogen-bond donors (Lipinski definition) is 0. The summed E-state index contributed by atoms with van der Waals surface area (Å²) in [6.07, 6.45) is 5.27. The number of hydrogen-bond acceptors (Lipinski definition) is 3. The number of thiazole rings is 1. The molecule has 0 amide bonds. The van der Waals surface area contributed by atoms with Crippen LogP contribution < -0.4 is 0 Å². The van der Waals surface area contributed by atoms with Gasteiger partial charge in [0.05, 0.1) is 4.88 Å². The Morgan fingerprint density at radius 1 is 1.31 bits per heavy atom. The van der Waals surface area contributed by atoms with E-state index in [0.717, 1.165) is 14.9 Å². The molecule has 0 fully saturated rings. The van der Waals surface area contributed by atoms with Gasteiger partial charge in [0.2, 0.25) is 0 Å². The van der Waals surface area contributed by atoms with E-state index in [0.29, 0.717) is 4.47 Å². The van der Waals surface area contributed by atoms with Gasteiger partial charge in [0.1, 0.15) is 0 Å². The summed E-state index contributed by atoms with van der Waals surface area (Å²) in [6.45, 7) is 0. The molecule has 0 N–H and O–H groups in total. The Morgan fingerprint density at radius 2 is 2.15 bits per heavy atom. The molecule has 2 aromatic heterocycles. The Hall–Kier alpha value is -0.450. The topological polar surface area (TPSA) is 25.8 Å². The smallest absolute Gasteiger partial charge is 0.184 e. The van der Waals surface area contributed by atoms with Crippen LogP contribution in [0.2, 0.25) is 4.47 Å². The second-order valence-electron chi connectivity index (χ2n) is 2.37. The van der Waals surface area contributed by atoms with Gasteiger partial charge in [-0.1, -0.05) is 11.6 Å². The maximum absolute atomic E-state index is 5.73. The first-order chi connectivity index (χ1) is 6.25. The minimum absolute atomic E-state index is 0.551. The van der Waals surface area contributed by atoms with E-state index in [1.54, 1.807) is 18.6 Å². The highest BCUT2D eigenvalue weighted by Gasteiger charge is 2.02. The minimum Gasteiger partial charge on any atom is -0.263 e. The fourth-order valence-corrected chi connectivity index (χ4v) is 2.22. The van der Waals surface area contributed by atoms with Gasteiger partial charge in [-0.05, 0) is 22.0 Å². The average Bonchev–Trinajstić information content (AvgIpc) is 2.52. The maximum Gasteiger partial charge on any atom is 0.184 e. The van der Waals surface area contributed by atoms with E-state index >= 15 is 0 Å². The lowest BCUT2D eigenvalue weighted by molar-refractivity contribution is 1.31. The first-order valence-electron chi connectivity index (χ1n) is 3.48. The highest BCUT2D eigenvalue weighted by atomic mass is 79.9. The van der Waals surface area contributed by atoms with Crippen molar-refractivity contribution in [1.29, 1.82) is 0 Å². The standard InChI is InChI=1S/C8H4BrClN2S/c9-6-1-5(2-11-3-6)7-4-12-8(10)13-7/h1-4H. The van der Waals surface area contributed by atoms with Crippen molar-refractivity contribution in [1.82, 2.24) is 9.97 Å². The summed E-state index contributed by atoms with van der Waals surface area (Å²) in [7, 11) is 0. The zero-order valence-corrected chi connectivity index (χ0v) is 9.53. The molecule has 0 radical (unpaired) electrons. The average molecular weight is 276 g/mol. The van der Waals surface area contributed by atoms with Gasteiger partial charge in [-0.2, -0.15) is 0 Å². The van der Waals surface area contributed by atoms with Crippen molar-refractivity contribution in [2.45, 2.75) is 0 Å². The Kier molecular flexibility index (Phi) is 2.62. The summed E-state index contributed by atoms with van der Waals surface area (Å²) in [5.41, 5.74) is 1.03. The molecule has 13 heavy (non-hydrogen) atoms. The second kappa shape index (κ2) is 3.74. The number of rotatable bonds is 1. The van der Waals surface area contributed by atoms with Gasteiger partial charge in [0, 0.05) is 28.6 Å². The van der Waals surface area contributed by atoms with Gasteiger partial charge >= 0.3 is 0 Å². The van der Waals surface area contributed by atoms with Crippen molar-refractivity contribution < 1.29 is 0 Å². The summed E-state index contributed by atoms with van der Waals surface area (Å²) < 4.78 is 1.50. The van der Waals surface area contributed by atoms with Crippen molar-refractivity contribution in [2.24, 2.45) is 0 Å². The van der Waals surface area contributed by atoms with Crippen molar-refractivity contribution in [3.8, 4) is 10.4 Å². The van der Waals surface area contributed by atoms with E-state index in [1.165, 1.54) is 11.3 Å². The molecular formula is C8H4BrClN2S. The van der Waals surface area contributed by atoms with E-state index in [4.69, 9.17) is 11.6 Å². The van der Waals surface area contributed by atoms with Gasteiger partial charge < -0.3 is 0 Å². The summed E-state index contributed by atoms with van der Waals surface area (Å²) in [4.78, 5) is 9.05. The first-order valence-corrected chi connectivity index (χ1v) is 5.47. The molecule has 0 aliphatic carbocycles. The third-order valence-electron chi connectivity index (χ3n) is 1.47. The molecule has 2 aromatic rings. The van der Waals surface area contributed by atoms with Crippen LogP contribution in [0.3, 0.4) is 0 Å². The summed E-state index contributed by atoms with van der Waals surface area (Å²) >= 11 is 10.5. The van der Waals surface area contributed by atoms with Crippen LogP contribution in [0.1, 0.15) is 0 Å². The SMILES string of the molecule is Clc1ncc(-c2cncc(Br)c2)s1. The van der Waals surface area contributed by atoms with Crippen LogP contribution >= 0.6 is 38.9 Å². The van der Waals surface area contributed by atoms with E-state index in [9.17, 15) is 0 Å². The largest absolute Gasteiger partial charge is 0.263 e. The highest BCUT2D eigenvalue weighted by Crippen LogP contribution is 2.29. The Morgan fingerprint density at radius 3 is 2.77 bits per heavy atom. The fraction of sp³-hybridized carbons (Fsp3) is 0. The Balaban J connectivity index is 2.46. The second-order valence-corrected chi connectivity index (χ2v) is 4.90. The van der Waals surface area contributed by atoms with E-state index < -0.39 is 0 Å². The Bertz CT molecular complexity index is 430. The monoisotopic (exact) mass is 274 g/mol. The molecule has 0 bridgehead atoms. The van der Waals surface area contributed by atoms with Gasteiger partial charge in [0.25, 0.3) is 0 Å². The zero-order valence-electron chi connectivity index (χ0n) is 6.37. The van der Waals surface area contributed by atoms with Crippen LogP contribution in [0.4, 0.5) is 0 Å². The van der Waals surface area contributed by atoms with Crippen LogP contribution in [0.25, 0.3) is 10.4 Å². The van der Waals surface area contributed by atoms with Crippen molar-refractivity contribution in [3.05, 3.63) is 33.6 Å². The predicted molar refractivity (Wildman–Crippen MR) is 58.1 cm³/mol. The third-order valence-corrected chi connectivity index (χ3v) is 3.06. The molecule has 2 heterocycles. The van der Waals surface area contributed by atoms with Crippen molar-refractivity contribution in [3.63, 3.8) is 0 Å².